The molecular weight excluding hydrogens is 318 g/mol. The van der Waals surface area contributed by atoms with Gasteiger partial charge in [-0.25, -0.2) is 9.98 Å². The summed E-state index contributed by atoms with van der Waals surface area (Å²) in [7, 11) is 0. The fourth-order valence-corrected chi connectivity index (χ4v) is 3.09. The first-order chi connectivity index (χ1) is 12.0. The van der Waals surface area contributed by atoms with Crippen LogP contribution in [0.5, 0.6) is 0 Å². The van der Waals surface area contributed by atoms with Gasteiger partial charge in [0, 0.05) is 32.1 Å². The van der Waals surface area contributed by atoms with E-state index in [1.807, 2.05) is 25.7 Å². The van der Waals surface area contributed by atoms with Crippen molar-refractivity contribution in [2.75, 3.05) is 19.6 Å². The summed E-state index contributed by atoms with van der Waals surface area (Å²) >= 11 is 0. The molecule has 0 radical (unpaired) electrons. The number of nitrogens with one attached hydrogen (secondary N) is 2. The van der Waals surface area contributed by atoms with E-state index in [1.54, 1.807) is 0 Å². The molecule has 140 valence electrons. The van der Waals surface area contributed by atoms with Crippen molar-refractivity contribution in [3.05, 3.63) is 17.3 Å². The summed E-state index contributed by atoms with van der Waals surface area (Å²) in [4.78, 5) is 22.8. The summed E-state index contributed by atoms with van der Waals surface area (Å²) < 4.78 is 5.56. The molecule has 0 aromatic carbocycles. The predicted octanol–water partition coefficient (Wildman–Crippen LogP) is 2.14. The molecule has 1 aromatic heterocycles. The molecule has 25 heavy (non-hydrogen) atoms. The molecule has 0 bridgehead atoms. The molecule has 2 N–H and O–H groups in total. The number of hydrogen-bond donors (Lipinski definition) is 2. The second-order valence-corrected chi connectivity index (χ2v) is 6.41. The third-order valence-electron chi connectivity index (χ3n) is 4.58. The molecule has 1 aliphatic heterocycles. The van der Waals surface area contributed by atoms with Crippen molar-refractivity contribution >= 4 is 11.9 Å². The molecule has 1 aliphatic rings. The second-order valence-electron chi connectivity index (χ2n) is 6.41. The first kappa shape index (κ1) is 19.3. The summed E-state index contributed by atoms with van der Waals surface area (Å²) in [6.45, 7) is 10.9. The van der Waals surface area contributed by atoms with Gasteiger partial charge in [-0.3, -0.25) is 4.79 Å². The highest BCUT2D eigenvalue weighted by atomic mass is 16.4. The maximum atomic E-state index is 11.9. The molecule has 7 heteroatoms. The molecule has 1 atom stereocenters. The minimum atomic E-state index is 0.294. The van der Waals surface area contributed by atoms with E-state index in [9.17, 15) is 4.79 Å². The van der Waals surface area contributed by atoms with Gasteiger partial charge in [0.1, 0.15) is 12.3 Å². The molecule has 0 aliphatic carbocycles. The number of nitrogens with zero attached hydrogens (tertiary/aromatic N) is 3. The number of rotatable bonds is 8. The van der Waals surface area contributed by atoms with E-state index in [4.69, 9.17) is 4.42 Å². The average Bonchev–Trinajstić information content (AvgIpc) is 3.15. The lowest BCUT2D eigenvalue weighted by Gasteiger charge is -2.27. The minimum Gasteiger partial charge on any atom is -0.444 e. The SMILES string of the molecule is CCNC(=NCc1nc(C)c(C)o1)NCCC(CC)N1CCCC1=O. The zero-order valence-corrected chi connectivity index (χ0v) is 15.9. The number of guanidine groups is 1. The molecule has 1 fully saturated rings. The van der Waals surface area contributed by atoms with E-state index in [-0.39, 0.29) is 0 Å². The average molecular weight is 349 g/mol. The van der Waals surface area contributed by atoms with Gasteiger partial charge < -0.3 is 20.0 Å². The molecular formula is C18H31N5O2. The lowest BCUT2D eigenvalue weighted by molar-refractivity contribution is -0.129. The van der Waals surface area contributed by atoms with Crippen LogP contribution in [0, 0.1) is 13.8 Å². The van der Waals surface area contributed by atoms with Gasteiger partial charge >= 0.3 is 0 Å². The van der Waals surface area contributed by atoms with E-state index in [1.165, 1.54) is 0 Å². The Morgan fingerprint density at radius 1 is 1.36 bits per heavy atom. The number of oxazole rings is 1. The van der Waals surface area contributed by atoms with Crippen LogP contribution in [0.3, 0.4) is 0 Å². The zero-order valence-electron chi connectivity index (χ0n) is 15.9. The molecule has 1 aromatic rings. The van der Waals surface area contributed by atoms with Crippen LogP contribution in [0.15, 0.2) is 9.41 Å². The van der Waals surface area contributed by atoms with Crippen LogP contribution in [-0.4, -0.2) is 47.4 Å². The van der Waals surface area contributed by atoms with Crippen LogP contribution in [0.25, 0.3) is 0 Å². The van der Waals surface area contributed by atoms with Gasteiger partial charge in [-0.05, 0) is 40.0 Å². The maximum absolute atomic E-state index is 11.9. The summed E-state index contributed by atoms with van der Waals surface area (Å²) in [6.07, 6.45) is 3.59. The highest BCUT2D eigenvalue weighted by molar-refractivity contribution is 5.80. The summed E-state index contributed by atoms with van der Waals surface area (Å²) in [5.74, 6) is 2.51. The minimum absolute atomic E-state index is 0.294. The molecule has 2 rings (SSSR count). The van der Waals surface area contributed by atoms with E-state index in [0.717, 1.165) is 56.3 Å². The van der Waals surface area contributed by atoms with E-state index in [2.05, 4.69) is 27.5 Å². The van der Waals surface area contributed by atoms with Gasteiger partial charge in [0.25, 0.3) is 0 Å². The number of carbonyl (C=O) groups excluding carboxylic acids is 1. The highest BCUT2D eigenvalue weighted by Gasteiger charge is 2.26. The van der Waals surface area contributed by atoms with Crippen molar-refractivity contribution in [3.8, 4) is 0 Å². The van der Waals surface area contributed by atoms with E-state index < -0.39 is 0 Å². The van der Waals surface area contributed by atoms with Gasteiger partial charge in [-0.1, -0.05) is 6.92 Å². The summed E-state index contributed by atoms with van der Waals surface area (Å²) in [5, 5.41) is 6.58. The fourth-order valence-electron chi connectivity index (χ4n) is 3.09. The first-order valence-corrected chi connectivity index (χ1v) is 9.29. The third kappa shape index (κ3) is 5.47. The highest BCUT2D eigenvalue weighted by Crippen LogP contribution is 2.17. The summed E-state index contributed by atoms with van der Waals surface area (Å²) in [6, 6.07) is 0.308. The molecule has 1 unspecified atom stereocenters. The number of likely N-dealkylation sites (tertiary alicyclic amines) is 1. The Morgan fingerprint density at radius 3 is 2.72 bits per heavy atom. The Labute approximate surface area is 150 Å². The van der Waals surface area contributed by atoms with Crippen molar-refractivity contribution < 1.29 is 9.21 Å². The number of carbonyl (C=O) groups is 1. The van der Waals surface area contributed by atoms with Gasteiger partial charge in [0.2, 0.25) is 11.8 Å². The normalized spacial score (nSPS) is 16.4. The first-order valence-electron chi connectivity index (χ1n) is 9.29. The number of amides is 1. The fraction of sp³-hybridized carbons (Fsp3) is 0.722. The van der Waals surface area contributed by atoms with Crippen LogP contribution in [-0.2, 0) is 11.3 Å². The Balaban J connectivity index is 1.85. The van der Waals surface area contributed by atoms with Gasteiger partial charge in [-0.2, -0.15) is 0 Å². The topological polar surface area (TPSA) is 82.8 Å². The predicted molar refractivity (Wildman–Crippen MR) is 98.4 cm³/mol. The quantitative estimate of drug-likeness (QED) is 0.555. The monoisotopic (exact) mass is 349 g/mol. The van der Waals surface area contributed by atoms with Crippen molar-refractivity contribution in [3.63, 3.8) is 0 Å². The number of aryl methyl sites for hydroxylation is 2. The van der Waals surface area contributed by atoms with E-state index in [0.29, 0.717) is 30.8 Å². The molecule has 0 spiro atoms. The summed E-state index contributed by atoms with van der Waals surface area (Å²) in [5.41, 5.74) is 0.907. The zero-order chi connectivity index (χ0) is 18.2. The van der Waals surface area contributed by atoms with Crippen LogP contribution >= 0.6 is 0 Å². The van der Waals surface area contributed by atoms with Gasteiger partial charge in [-0.15, -0.1) is 0 Å². The molecule has 1 amide bonds. The van der Waals surface area contributed by atoms with Crippen LogP contribution in [0.2, 0.25) is 0 Å². The van der Waals surface area contributed by atoms with Crippen molar-refractivity contribution in [1.82, 2.24) is 20.5 Å². The second kappa shape index (κ2) is 9.44. The van der Waals surface area contributed by atoms with Gasteiger partial charge in [0.15, 0.2) is 5.96 Å². The Hall–Kier alpha value is -2.05. The lowest BCUT2D eigenvalue weighted by Crippen LogP contribution is -2.42. The third-order valence-corrected chi connectivity index (χ3v) is 4.58. The van der Waals surface area contributed by atoms with Crippen LogP contribution in [0.1, 0.15) is 56.9 Å². The van der Waals surface area contributed by atoms with Crippen molar-refractivity contribution in [1.29, 1.82) is 0 Å². The molecule has 2 heterocycles. The van der Waals surface area contributed by atoms with Crippen LogP contribution in [0.4, 0.5) is 0 Å². The maximum Gasteiger partial charge on any atom is 0.222 e. The molecule has 0 saturated carbocycles. The number of aromatic nitrogens is 1. The van der Waals surface area contributed by atoms with E-state index >= 15 is 0 Å². The molecule has 7 nitrogen and oxygen atoms in total. The standard InChI is InChI=1S/C18H31N5O2/c1-5-15(23-11-7-8-17(23)24)9-10-20-18(19-6-2)21-12-16-22-13(3)14(4)25-16/h15H,5-12H2,1-4H3,(H2,19,20,21). The van der Waals surface area contributed by atoms with Crippen LogP contribution < -0.4 is 10.6 Å². The Kier molecular flexibility index (Phi) is 7.28. The number of hydrogen-bond acceptors (Lipinski definition) is 4. The Morgan fingerprint density at radius 2 is 2.16 bits per heavy atom. The smallest absolute Gasteiger partial charge is 0.222 e. The largest absolute Gasteiger partial charge is 0.444 e. The molecule has 1 saturated heterocycles. The van der Waals surface area contributed by atoms with Crippen molar-refractivity contribution in [2.24, 2.45) is 4.99 Å². The van der Waals surface area contributed by atoms with Gasteiger partial charge in [0.05, 0.1) is 5.69 Å². The van der Waals surface area contributed by atoms with Crippen molar-refractivity contribution in [2.45, 2.75) is 66.0 Å². The Bertz CT molecular complexity index is 577. The lowest BCUT2D eigenvalue weighted by atomic mass is 10.1. The number of aliphatic imine (C=N–C) groups is 1.